The molecule has 3 N–H and O–H groups in total. The number of unbranched alkanes of at least 4 members (excludes halogenated alkanes) is 1. The molecule has 4 bridgehead atoms. The molecule has 5 aliphatic rings. The van der Waals surface area contributed by atoms with E-state index < -0.39 is 68.7 Å². The van der Waals surface area contributed by atoms with Gasteiger partial charge in [-0.25, -0.2) is 13.2 Å². The van der Waals surface area contributed by atoms with Crippen LogP contribution >= 0.6 is 0 Å². The molecule has 266 valence electrons. The van der Waals surface area contributed by atoms with E-state index in [0.717, 1.165) is 36.8 Å². The third kappa shape index (κ3) is 7.48. The Bertz CT molecular complexity index is 1630. The molecule has 2 saturated carbocycles. The predicted molar refractivity (Wildman–Crippen MR) is 179 cm³/mol. The number of nitrogens with zero attached hydrogens (tertiary/aromatic N) is 2. The summed E-state index contributed by atoms with van der Waals surface area (Å²) >= 11 is 0. The van der Waals surface area contributed by atoms with Gasteiger partial charge in [0.1, 0.15) is 23.7 Å². The molecule has 3 fully saturated rings. The SMILES string of the molecule is C=C[C@@H]1C[C@]1(NC(=O)[C@@H]1C[C@@H]2CN1C(=O)[C@H](CCCC)NC(=O)CCCCCc1cccc3c1CN(C3)C(=O)O2)C(=O)NS(=O)(=O)C1CC1. The van der Waals surface area contributed by atoms with Crippen molar-refractivity contribution in [1.82, 2.24) is 25.2 Å². The molecule has 14 heteroatoms. The highest BCUT2D eigenvalue weighted by molar-refractivity contribution is 7.91. The first-order chi connectivity index (χ1) is 23.5. The third-order valence-corrected chi connectivity index (χ3v) is 12.4. The summed E-state index contributed by atoms with van der Waals surface area (Å²) in [4.78, 5) is 71.2. The van der Waals surface area contributed by atoms with Crippen molar-refractivity contribution in [2.75, 3.05) is 6.54 Å². The largest absolute Gasteiger partial charge is 0.444 e. The molecule has 0 radical (unpaired) electrons. The van der Waals surface area contributed by atoms with Gasteiger partial charge in [0.2, 0.25) is 27.7 Å². The van der Waals surface area contributed by atoms with Gasteiger partial charge in [0.15, 0.2) is 0 Å². The van der Waals surface area contributed by atoms with E-state index in [9.17, 15) is 32.4 Å². The minimum Gasteiger partial charge on any atom is -0.444 e. The monoisotopic (exact) mass is 697 g/mol. The average molecular weight is 698 g/mol. The topological polar surface area (TPSA) is 171 Å². The smallest absolute Gasteiger partial charge is 0.410 e. The summed E-state index contributed by atoms with van der Waals surface area (Å²) in [7, 11) is -3.88. The van der Waals surface area contributed by atoms with Gasteiger partial charge in [0, 0.05) is 31.8 Å². The number of carbonyl (C=O) groups is 5. The Balaban J connectivity index is 1.25. The highest BCUT2D eigenvalue weighted by Gasteiger charge is 2.62. The van der Waals surface area contributed by atoms with E-state index in [1.807, 2.05) is 19.1 Å². The molecule has 2 aliphatic carbocycles. The van der Waals surface area contributed by atoms with Gasteiger partial charge in [-0.05, 0) is 61.6 Å². The Labute approximate surface area is 287 Å². The lowest BCUT2D eigenvalue weighted by Gasteiger charge is -2.30. The van der Waals surface area contributed by atoms with E-state index in [0.29, 0.717) is 45.2 Å². The molecule has 6 rings (SSSR count). The molecule has 5 amide bonds. The first-order valence-corrected chi connectivity index (χ1v) is 19.2. The summed E-state index contributed by atoms with van der Waals surface area (Å²) in [6, 6.07) is 4.05. The Morgan fingerprint density at radius 1 is 1.10 bits per heavy atom. The number of hydrogen-bond acceptors (Lipinski definition) is 8. The van der Waals surface area contributed by atoms with Crippen molar-refractivity contribution in [2.24, 2.45) is 5.92 Å². The van der Waals surface area contributed by atoms with Crippen molar-refractivity contribution in [3.8, 4) is 0 Å². The highest BCUT2D eigenvalue weighted by atomic mass is 32.2. The van der Waals surface area contributed by atoms with Gasteiger partial charge >= 0.3 is 6.09 Å². The number of sulfonamides is 1. The fourth-order valence-electron chi connectivity index (χ4n) is 7.38. The van der Waals surface area contributed by atoms with Crippen LogP contribution in [0.15, 0.2) is 30.9 Å². The van der Waals surface area contributed by atoms with Crippen molar-refractivity contribution in [1.29, 1.82) is 0 Å². The zero-order valence-corrected chi connectivity index (χ0v) is 28.9. The number of amides is 5. The molecular weight excluding hydrogens is 650 g/mol. The van der Waals surface area contributed by atoms with Gasteiger partial charge in [-0.3, -0.25) is 28.8 Å². The molecule has 3 heterocycles. The van der Waals surface area contributed by atoms with Crippen molar-refractivity contribution in [3.63, 3.8) is 0 Å². The van der Waals surface area contributed by atoms with Gasteiger partial charge in [-0.15, -0.1) is 6.58 Å². The molecule has 1 saturated heterocycles. The molecule has 1 aromatic carbocycles. The lowest BCUT2D eigenvalue weighted by atomic mass is 9.98. The predicted octanol–water partition coefficient (Wildman–Crippen LogP) is 2.57. The van der Waals surface area contributed by atoms with Crippen LogP contribution < -0.4 is 15.4 Å². The van der Waals surface area contributed by atoms with Crippen LogP contribution in [-0.4, -0.2) is 83.5 Å². The molecule has 49 heavy (non-hydrogen) atoms. The van der Waals surface area contributed by atoms with Crippen LogP contribution in [0.2, 0.25) is 0 Å². The molecule has 1 aromatic rings. The third-order valence-electron chi connectivity index (χ3n) is 10.5. The number of fused-ring (bicyclic) bond motifs is 3. The van der Waals surface area contributed by atoms with Gasteiger partial charge in [-0.2, -0.15) is 0 Å². The summed E-state index contributed by atoms with van der Waals surface area (Å²) < 4.78 is 33.3. The molecule has 0 unspecified atom stereocenters. The summed E-state index contributed by atoms with van der Waals surface area (Å²) in [5, 5.41) is 5.03. The van der Waals surface area contributed by atoms with Crippen LogP contribution in [0.1, 0.15) is 94.2 Å². The van der Waals surface area contributed by atoms with Crippen LogP contribution in [0, 0.1) is 5.92 Å². The second kappa shape index (κ2) is 14.1. The number of benzene rings is 1. The molecule has 0 spiro atoms. The minimum atomic E-state index is -3.88. The Kier molecular flexibility index (Phi) is 10.1. The van der Waals surface area contributed by atoms with Crippen LogP contribution in [-0.2, 0) is 53.4 Å². The van der Waals surface area contributed by atoms with E-state index >= 15 is 0 Å². The van der Waals surface area contributed by atoms with Gasteiger partial charge in [0.05, 0.1) is 11.8 Å². The quantitative estimate of drug-likeness (QED) is 0.331. The Morgan fingerprint density at radius 3 is 2.57 bits per heavy atom. The standard InChI is InChI=1S/C35H47N5O8S/c1-3-5-13-28-32(43)40-20-25(17-29(40)31(42)37-35(18-24(35)4-2)33(44)38-49(46,47)26-15-16-26)48-34(45)39-19-23-12-9-11-22(27(23)21-39)10-7-6-8-14-30(41)36-28/h4,9,11-12,24-26,28-29H,2-3,5-8,10,13-21H2,1H3,(H,36,41)(H,37,42)(H,38,44)/t24-,25-,28+,29+,35-/m1/s1. The van der Waals surface area contributed by atoms with Gasteiger partial charge in [-0.1, -0.05) is 50.5 Å². The zero-order chi connectivity index (χ0) is 34.9. The van der Waals surface area contributed by atoms with Crippen molar-refractivity contribution in [2.45, 2.75) is 126 Å². The number of nitrogens with one attached hydrogen (secondary N) is 3. The van der Waals surface area contributed by atoms with Crippen LogP contribution in [0.25, 0.3) is 0 Å². The summed E-state index contributed by atoms with van der Waals surface area (Å²) in [6.07, 6.45) is 6.47. The fourth-order valence-corrected chi connectivity index (χ4v) is 8.74. The van der Waals surface area contributed by atoms with Crippen molar-refractivity contribution in [3.05, 3.63) is 47.5 Å². The number of ether oxygens (including phenoxy) is 1. The number of aryl methyl sites for hydroxylation is 1. The number of rotatable bonds is 9. The molecular formula is C35H47N5O8S. The maximum absolute atomic E-state index is 14.2. The van der Waals surface area contributed by atoms with Crippen LogP contribution in [0.3, 0.4) is 0 Å². The van der Waals surface area contributed by atoms with E-state index in [1.54, 1.807) is 4.90 Å². The Hall–Kier alpha value is -3.94. The van der Waals surface area contributed by atoms with E-state index in [-0.39, 0.29) is 31.7 Å². The normalized spacial score (nSPS) is 29.0. The minimum absolute atomic E-state index is 0.0272. The zero-order valence-electron chi connectivity index (χ0n) is 28.1. The van der Waals surface area contributed by atoms with Crippen LogP contribution in [0.4, 0.5) is 4.79 Å². The van der Waals surface area contributed by atoms with Gasteiger partial charge in [0.25, 0.3) is 5.91 Å². The number of carbonyl (C=O) groups excluding carboxylic acids is 5. The second-order valence-electron chi connectivity index (χ2n) is 14.2. The van der Waals surface area contributed by atoms with Crippen LogP contribution in [0.5, 0.6) is 0 Å². The molecule has 0 aromatic heterocycles. The molecule has 13 nitrogen and oxygen atoms in total. The Morgan fingerprint density at radius 2 is 1.86 bits per heavy atom. The van der Waals surface area contributed by atoms with Gasteiger partial charge < -0.3 is 20.3 Å². The second-order valence-corrected chi connectivity index (χ2v) is 16.1. The summed E-state index contributed by atoms with van der Waals surface area (Å²) in [5.41, 5.74) is 1.80. The van der Waals surface area contributed by atoms with Crippen molar-refractivity contribution >= 4 is 39.7 Å². The summed E-state index contributed by atoms with van der Waals surface area (Å²) in [6.45, 7) is 6.45. The highest BCUT2D eigenvalue weighted by Crippen LogP contribution is 2.45. The van der Waals surface area contributed by atoms with E-state index in [1.165, 1.54) is 16.5 Å². The maximum Gasteiger partial charge on any atom is 0.410 e. The summed E-state index contributed by atoms with van der Waals surface area (Å²) in [5.74, 6) is -2.72. The average Bonchev–Trinajstić information content (AvgIpc) is 3.96. The number of hydrogen-bond donors (Lipinski definition) is 3. The molecule has 5 atom stereocenters. The lowest BCUT2D eigenvalue weighted by Crippen LogP contribution is -2.58. The lowest BCUT2D eigenvalue weighted by molar-refractivity contribution is -0.142. The van der Waals surface area contributed by atoms with E-state index in [4.69, 9.17) is 4.74 Å². The first-order valence-electron chi connectivity index (χ1n) is 17.6. The molecule has 3 aliphatic heterocycles. The fraction of sp³-hybridized carbons (Fsp3) is 0.629. The maximum atomic E-state index is 14.2. The van der Waals surface area contributed by atoms with Crippen molar-refractivity contribution < 1.29 is 37.1 Å². The first kappa shape index (κ1) is 34.9. The van der Waals surface area contributed by atoms with E-state index in [2.05, 4.69) is 28.0 Å².